The Bertz CT molecular complexity index is 892. The van der Waals surface area contributed by atoms with Gasteiger partial charge in [-0.25, -0.2) is 17.6 Å². The molecule has 1 saturated carbocycles. The lowest BCUT2D eigenvalue weighted by molar-refractivity contribution is 0.144. The molecule has 0 heterocycles. The molecule has 3 rings (SSSR count). The minimum absolute atomic E-state index is 0.0731. The topological polar surface area (TPSA) is 44.3 Å². The molecule has 0 bridgehead atoms. The van der Waals surface area contributed by atoms with Gasteiger partial charge in [-0.2, -0.15) is 0 Å². The summed E-state index contributed by atoms with van der Waals surface area (Å²) >= 11 is 0. The first-order valence-corrected chi connectivity index (χ1v) is 13.4. The Labute approximate surface area is 223 Å². The third-order valence-corrected chi connectivity index (χ3v) is 5.73. The highest BCUT2D eigenvalue weighted by Gasteiger charge is 2.35. The van der Waals surface area contributed by atoms with Gasteiger partial charge in [0.15, 0.2) is 17.5 Å². The van der Waals surface area contributed by atoms with Crippen molar-refractivity contribution in [3.8, 4) is 0 Å². The van der Waals surface area contributed by atoms with E-state index in [-0.39, 0.29) is 17.5 Å². The fourth-order valence-corrected chi connectivity index (χ4v) is 2.88. The van der Waals surface area contributed by atoms with Crippen LogP contribution in [0.3, 0.4) is 0 Å². The van der Waals surface area contributed by atoms with Crippen molar-refractivity contribution in [3.05, 3.63) is 53.1 Å². The first-order chi connectivity index (χ1) is 17.3. The molecule has 1 atom stereocenters. The smallest absolute Gasteiger partial charge is 0.184 e. The number of aliphatic hydroxyl groups excluding tert-OH is 1. The summed E-state index contributed by atoms with van der Waals surface area (Å²) in [6.45, 7) is 20.1. The molecule has 1 unspecified atom stereocenters. The van der Waals surface area contributed by atoms with Crippen LogP contribution in [-0.4, -0.2) is 18.3 Å². The molecule has 0 aromatic heterocycles. The van der Waals surface area contributed by atoms with E-state index in [0.29, 0.717) is 17.5 Å². The number of benzene rings is 2. The molecule has 3 nitrogen and oxygen atoms in total. The van der Waals surface area contributed by atoms with Gasteiger partial charge in [0.05, 0.1) is 17.5 Å². The second-order valence-corrected chi connectivity index (χ2v) is 9.31. The van der Waals surface area contributed by atoms with Crippen LogP contribution in [0.5, 0.6) is 0 Å². The maximum atomic E-state index is 13.8. The van der Waals surface area contributed by atoms with Gasteiger partial charge in [0, 0.05) is 13.1 Å². The van der Waals surface area contributed by atoms with Crippen LogP contribution < -0.4 is 10.6 Å². The molecular formula is C30H50F4N2O. The Balaban J connectivity index is 0. The number of aliphatic hydroxyl groups is 1. The minimum atomic E-state index is -1.35. The van der Waals surface area contributed by atoms with Crippen molar-refractivity contribution in [2.24, 2.45) is 11.3 Å². The van der Waals surface area contributed by atoms with Crippen molar-refractivity contribution in [2.45, 2.75) is 101 Å². The molecule has 1 aliphatic rings. The molecule has 37 heavy (non-hydrogen) atoms. The molecule has 0 spiro atoms. The molecule has 7 heteroatoms. The molecule has 1 aliphatic carbocycles. The van der Waals surface area contributed by atoms with Gasteiger partial charge in [-0.3, -0.25) is 0 Å². The number of aryl methyl sites for hydroxylation is 1. The third-order valence-electron chi connectivity index (χ3n) is 5.73. The SMILES string of the molecule is CC.CC.CC(C)C(C)O.CCCC1(C)CC1.CNc1c(F)cc(F)c(F)c1Nc1ccc(C)cc1F. The highest BCUT2D eigenvalue weighted by atomic mass is 19.2. The van der Waals surface area contributed by atoms with Crippen molar-refractivity contribution < 1.29 is 22.7 Å². The van der Waals surface area contributed by atoms with E-state index in [0.717, 1.165) is 5.41 Å². The van der Waals surface area contributed by atoms with Gasteiger partial charge in [0.1, 0.15) is 11.5 Å². The van der Waals surface area contributed by atoms with Gasteiger partial charge < -0.3 is 15.7 Å². The van der Waals surface area contributed by atoms with Gasteiger partial charge in [0.2, 0.25) is 0 Å². The van der Waals surface area contributed by atoms with Crippen LogP contribution in [0.1, 0.15) is 93.6 Å². The number of halogens is 4. The summed E-state index contributed by atoms with van der Waals surface area (Å²) in [7, 11) is 1.35. The van der Waals surface area contributed by atoms with Gasteiger partial charge in [0.25, 0.3) is 0 Å². The summed E-state index contributed by atoms with van der Waals surface area (Å²) in [5.74, 6) is -3.84. The van der Waals surface area contributed by atoms with Crippen molar-refractivity contribution in [3.63, 3.8) is 0 Å². The fourth-order valence-electron chi connectivity index (χ4n) is 2.88. The average molecular weight is 531 g/mol. The Morgan fingerprint density at radius 2 is 1.41 bits per heavy atom. The quantitative estimate of drug-likeness (QED) is 0.257. The van der Waals surface area contributed by atoms with Crippen LogP contribution in [0.2, 0.25) is 0 Å². The molecule has 214 valence electrons. The minimum Gasteiger partial charge on any atom is -0.393 e. The second-order valence-electron chi connectivity index (χ2n) is 9.31. The molecule has 1 fully saturated rings. The van der Waals surface area contributed by atoms with Crippen molar-refractivity contribution >= 4 is 17.1 Å². The zero-order chi connectivity index (χ0) is 29.3. The molecule has 3 N–H and O–H groups in total. The number of anilines is 3. The predicted octanol–water partition coefficient (Wildman–Crippen LogP) is 10.00. The molecule has 0 saturated heterocycles. The van der Waals surface area contributed by atoms with Crippen LogP contribution in [0.25, 0.3) is 0 Å². The Kier molecular flexibility index (Phi) is 18.8. The lowest BCUT2D eigenvalue weighted by atomic mass is 10.0. The third kappa shape index (κ3) is 13.7. The summed E-state index contributed by atoms with van der Waals surface area (Å²) in [4.78, 5) is 0. The molecule has 0 radical (unpaired) electrons. The van der Waals surface area contributed by atoms with E-state index in [2.05, 4.69) is 24.5 Å². The summed E-state index contributed by atoms with van der Waals surface area (Å²) in [6, 6.07) is 4.62. The van der Waals surface area contributed by atoms with Crippen molar-refractivity contribution in [1.29, 1.82) is 0 Å². The Morgan fingerprint density at radius 1 is 0.892 bits per heavy atom. The molecule has 2 aromatic rings. The largest absolute Gasteiger partial charge is 0.393 e. The molecule has 0 aliphatic heterocycles. The molecule has 2 aromatic carbocycles. The number of nitrogens with one attached hydrogen (secondary N) is 2. The highest BCUT2D eigenvalue weighted by Crippen LogP contribution is 2.48. The van der Waals surface area contributed by atoms with Crippen molar-refractivity contribution in [2.75, 3.05) is 17.7 Å². The van der Waals surface area contributed by atoms with Crippen molar-refractivity contribution in [1.82, 2.24) is 0 Å². The van der Waals surface area contributed by atoms with Gasteiger partial charge in [-0.05, 0) is 62.1 Å². The lowest BCUT2D eigenvalue weighted by Crippen LogP contribution is -2.07. The van der Waals surface area contributed by atoms with Gasteiger partial charge in [-0.15, -0.1) is 0 Å². The standard InChI is InChI=1S/C14H12F4N2.C7H14.C5H12O.2C2H6/c1-7-3-4-11(8(15)5-7)20-14-12(18)9(16)6-10(17)13(14)19-2;1-3-4-7(2)5-6-7;1-4(2)5(3)6;2*1-2/h3-6,19-20H,1-2H3;3-6H2,1-2H3;4-6H,1-3H3;2*1-2H3. The first kappa shape index (κ1) is 36.9. The van der Waals surface area contributed by atoms with E-state index in [1.54, 1.807) is 19.9 Å². The number of rotatable bonds is 6. The van der Waals surface area contributed by atoms with Crippen LogP contribution in [-0.2, 0) is 0 Å². The predicted molar refractivity (Wildman–Crippen MR) is 152 cm³/mol. The average Bonchev–Trinajstić information content (AvgIpc) is 3.59. The maximum Gasteiger partial charge on any atom is 0.184 e. The fraction of sp³-hybridized carbons (Fsp3) is 0.600. The number of hydrogen-bond acceptors (Lipinski definition) is 3. The van der Waals surface area contributed by atoms with E-state index in [1.807, 2.05) is 41.5 Å². The van der Waals surface area contributed by atoms with Gasteiger partial charge >= 0.3 is 0 Å². The normalized spacial score (nSPS) is 13.2. The summed E-state index contributed by atoms with van der Waals surface area (Å²) < 4.78 is 54.3. The van der Waals surface area contributed by atoms with E-state index in [9.17, 15) is 17.6 Å². The highest BCUT2D eigenvalue weighted by molar-refractivity contribution is 5.75. The summed E-state index contributed by atoms with van der Waals surface area (Å²) in [6.07, 6.45) is 5.65. The second kappa shape index (κ2) is 18.9. The summed E-state index contributed by atoms with van der Waals surface area (Å²) in [5.41, 5.74) is 0.648. The van der Waals surface area contributed by atoms with Crippen LogP contribution >= 0.6 is 0 Å². The first-order valence-electron chi connectivity index (χ1n) is 13.4. The van der Waals surface area contributed by atoms with Crippen LogP contribution in [0.15, 0.2) is 24.3 Å². The van der Waals surface area contributed by atoms with E-state index < -0.39 is 29.0 Å². The monoisotopic (exact) mass is 530 g/mol. The van der Waals surface area contributed by atoms with Crippen LogP contribution in [0.4, 0.5) is 34.6 Å². The van der Waals surface area contributed by atoms with Gasteiger partial charge in [-0.1, -0.05) is 67.9 Å². The zero-order valence-corrected chi connectivity index (χ0v) is 24.8. The van der Waals surface area contributed by atoms with E-state index >= 15 is 0 Å². The Hall–Kier alpha value is -2.28. The Morgan fingerprint density at radius 3 is 1.76 bits per heavy atom. The van der Waals surface area contributed by atoms with E-state index in [4.69, 9.17) is 5.11 Å². The summed E-state index contributed by atoms with van der Waals surface area (Å²) in [5, 5.41) is 13.4. The van der Waals surface area contributed by atoms with E-state index in [1.165, 1.54) is 44.9 Å². The maximum absolute atomic E-state index is 13.8. The molecule has 0 amide bonds. The lowest BCUT2D eigenvalue weighted by Gasteiger charge is -2.15. The zero-order valence-electron chi connectivity index (χ0n) is 24.8. The van der Waals surface area contributed by atoms with Crippen LogP contribution in [0, 0.1) is 41.5 Å². The number of hydrogen-bond donors (Lipinski definition) is 3. The molecular weight excluding hydrogens is 480 g/mol.